The second-order valence-corrected chi connectivity index (χ2v) is 4.87. The van der Waals surface area contributed by atoms with Crippen molar-refractivity contribution in [2.45, 2.75) is 39.4 Å². The van der Waals surface area contributed by atoms with Crippen molar-refractivity contribution in [3.05, 3.63) is 47.8 Å². The Hall–Kier alpha value is -1.75. The molecule has 0 saturated carbocycles. The predicted octanol–water partition coefficient (Wildman–Crippen LogP) is 2.85. The fraction of sp³-hybridized carbons (Fsp3) is 0.429. The topological polar surface area (TPSA) is 42.7 Å². The Labute approximate surface area is 112 Å². The number of nitrogens with one attached hydrogen (secondary N) is 1. The summed E-state index contributed by atoms with van der Waals surface area (Å²) in [4.78, 5) is 4.25. The second-order valence-electron chi connectivity index (χ2n) is 4.87. The number of rotatable bonds is 5. The number of halogens is 1. The average molecular weight is 262 g/mol. The third-order valence-corrected chi connectivity index (χ3v) is 3.07. The van der Waals surface area contributed by atoms with Crippen molar-refractivity contribution in [3.63, 3.8) is 0 Å². The molecule has 0 fully saturated rings. The van der Waals surface area contributed by atoms with Crippen LogP contribution in [0.5, 0.6) is 0 Å². The van der Waals surface area contributed by atoms with Crippen LogP contribution in [0.3, 0.4) is 0 Å². The molecule has 1 N–H and O–H groups in total. The van der Waals surface area contributed by atoms with E-state index in [1.54, 1.807) is 18.5 Å². The van der Waals surface area contributed by atoms with Gasteiger partial charge in [-0.3, -0.25) is 0 Å². The van der Waals surface area contributed by atoms with Gasteiger partial charge in [-0.05, 0) is 38.5 Å². The first-order valence-electron chi connectivity index (χ1n) is 6.45. The molecule has 1 atom stereocenters. The lowest BCUT2D eigenvalue weighted by Gasteiger charge is -2.15. The first-order chi connectivity index (χ1) is 9.08. The monoisotopic (exact) mass is 262 g/mol. The van der Waals surface area contributed by atoms with Crippen molar-refractivity contribution in [1.29, 1.82) is 0 Å². The molecule has 1 aromatic heterocycles. The second kappa shape index (κ2) is 5.93. The molecule has 0 aliphatic carbocycles. The summed E-state index contributed by atoms with van der Waals surface area (Å²) in [5.74, 6) is 0.694. The maximum atomic E-state index is 12.9. The van der Waals surface area contributed by atoms with Gasteiger partial charge in [0.2, 0.25) is 0 Å². The highest BCUT2D eigenvalue weighted by Gasteiger charge is 2.10. The average Bonchev–Trinajstić information content (AvgIpc) is 2.85. The van der Waals surface area contributed by atoms with Crippen LogP contribution in [-0.4, -0.2) is 14.8 Å². The van der Waals surface area contributed by atoms with Crippen LogP contribution < -0.4 is 5.32 Å². The van der Waals surface area contributed by atoms with E-state index in [1.807, 2.05) is 11.6 Å². The summed E-state index contributed by atoms with van der Waals surface area (Å²) >= 11 is 0. The van der Waals surface area contributed by atoms with Crippen molar-refractivity contribution < 1.29 is 4.39 Å². The summed E-state index contributed by atoms with van der Waals surface area (Å²) in [7, 11) is 0. The lowest BCUT2D eigenvalue weighted by atomic mass is 10.1. The molecule has 1 aromatic carbocycles. The van der Waals surface area contributed by atoms with Crippen LogP contribution in [0, 0.1) is 5.82 Å². The molecule has 19 heavy (non-hydrogen) atoms. The zero-order valence-electron chi connectivity index (χ0n) is 11.5. The fourth-order valence-electron chi connectivity index (χ4n) is 1.95. The molecule has 2 aromatic rings. The van der Waals surface area contributed by atoms with Crippen LogP contribution in [-0.2, 0) is 6.54 Å². The van der Waals surface area contributed by atoms with Gasteiger partial charge < -0.3 is 5.32 Å². The van der Waals surface area contributed by atoms with Crippen LogP contribution in [0.1, 0.15) is 44.2 Å². The highest BCUT2D eigenvalue weighted by molar-refractivity contribution is 5.19. The summed E-state index contributed by atoms with van der Waals surface area (Å²) in [6.07, 6.45) is 1.57. The number of benzene rings is 1. The largest absolute Gasteiger partial charge is 0.303 e. The molecular formula is C14H19FN4. The molecule has 0 unspecified atom stereocenters. The Kier molecular flexibility index (Phi) is 4.27. The van der Waals surface area contributed by atoms with E-state index in [0.29, 0.717) is 12.6 Å². The molecule has 1 heterocycles. The summed E-state index contributed by atoms with van der Waals surface area (Å²) in [5, 5.41) is 7.56. The van der Waals surface area contributed by atoms with Crippen LogP contribution in [0.15, 0.2) is 30.6 Å². The maximum Gasteiger partial charge on any atom is 0.141 e. The van der Waals surface area contributed by atoms with Crippen molar-refractivity contribution in [2.24, 2.45) is 0 Å². The third-order valence-electron chi connectivity index (χ3n) is 3.07. The Morgan fingerprint density at radius 3 is 2.53 bits per heavy atom. The number of hydrogen-bond donors (Lipinski definition) is 1. The van der Waals surface area contributed by atoms with Crippen LogP contribution in [0.2, 0.25) is 0 Å². The minimum Gasteiger partial charge on any atom is -0.303 e. The van der Waals surface area contributed by atoms with Crippen LogP contribution >= 0.6 is 0 Å². The first kappa shape index (κ1) is 13.7. The minimum absolute atomic E-state index is 0.137. The molecule has 0 aliphatic rings. The van der Waals surface area contributed by atoms with E-state index < -0.39 is 0 Å². The number of hydrogen-bond acceptors (Lipinski definition) is 3. The molecule has 102 valence electrons. The lowest BCUT2D eigenvalue weighted by Crippen LogP contribution is -2.21. The van der Waals surface area contributed by atoms with E-state index >= 15 is 0 Å². The van der Waals surface area contributed by atoms with Gasteiger partial charge in [-0.25, -0.2) is 14.1 Å². The van der Waals surface area contributed by atoms with Crippen molar-refractivity contribution in [1.82, 2.24) is 20.1 Å². The van der Waals surface area contributed by atoms with Crippen LogP contribution in [0.4, 0.5) is 4.39 Å². The third kappa shape index (κ3) is 3.38. The summed E-state index contributed by atoms with van der Waals surface area (Å²) < 4.78 is 14.8. The SMILES string of the molecule is CC(C)n1ncnc1CN[C@@H](C)c1ccc(F)cc1. The molecule has 0 amide bonds. The van der Waals surface area contributed by atoms with E-state index in [9.17, 15) is 4.39 Å². The van der Waals surface area contributed by atoms with Gasteiger partial charge in [-0.1, -0.05) is 12.1 Å². The van der Waals surface area contributed by atoms with Gasteiger partial charge in [0.1, 0.15) is 18.0 Å². The molecular weight excluding hydrogens is 243 g/mol. The Balaban J connectivity index is 1.98. The van der Waals surface area contributed by atoms with Gasteiger partial charge in [-0.15, -0.1) is 0 Å². The van der Waals surface area contributed by atoms with Gasteiger partial charge in [0, 0.05) is 12.1 Å². The predicted molar refractivity (Wildman–Crippen MR) is 72.1 cm³/mol. The zero-order chi connectivity index (χ0) is 13.8. The first-order valence-corrected chi connectivity index (χ1v) is 6.45. The van der Waals surface area contributed by atoms with Gasteiger partial charge in [-0.2, -0.15) is 5.10 Å². The molecule has 0 saturated heterocycles. The maximum absolute atomic E-state index is 12.9. The Morgan fingerprint density at radius 1 is 1.21 bits per heavy atom. The molecule has 5 heteroatoms. The molecule has 0 spiro atoms. The quantitative estimate of drug-likeness (QED) is 0.901. The summed E-state index contributed by atoms with van der Waals surface area (Å²) in [5.41, 5.74) is 1.05. The van der Waals surface area contributed by atoms with E-state index in [-0.39, 0.29) is 11.9 Å². The lowest BCUT2D eigenvalue weighted by molar-refractivity contribution is 0.473. The highest BCUT2D eigenvalue weighted by atomic mass is 19.1. The molecule has 4 nitrogen and oxygen atoms in total. The number of aromatic nitrogens is 3. The molecule has 0 aliphatic heterocycles. The van der Waals surface area contributed by atoms with Gasteiger partial charge in [0.15, 0.2) is 0 Å². The smallest absolute Gasteiger partial charge is 0.141 e. The van der Waals surface area contributed by atoms with E-state index in [4.69, 9.17) is 0 Å². The highest BCUT2D eigenvalue weighted by Crippen LogP contribution is 2.14. The van der Waals surface area contributed by atoms with Crippen molar-refractivity contribution >= 4 is 0 Å². The van der Waals surface area contributed by atoms with E-state index in [2.05, 4.69) is 29.2 Å². The fourth-order valence-corrected chi connectivity index (χ4v) is 1.95. The van der Waals surface area contributed by atoms with E-state index in [1.165, 1.54) is 12.1 Å². The standard InChI is InChI=1S/C14H19FN4/c1-10(2)19-14(17-9-18-19)8-16-11(3)12-4-6-13(15)7-5-12/h4-7,9-11,16H,8H2,1-3H3/t11-/m0/s1. The van der Waals surface area contributed by atoms with E-state index in [0.717, 1.165) is 11.4 Å². The normalized spacial score (nSPS) is 12.9. The summed E-state index contributed by atoms with van der Waals surface area (Å²) in [6.45, 7) is 6.82. The van der Waals surface area contributed by atoms with Gasteiger partial charge in [0.25, 0.3) is 0 Å². The summed E-state index contributed by atoms with van der Waals surface area (Å²) in [6, 6.07) is 6.97. The van der Waals surface area contributed by atoms with Gasteiger partial charge >= 0.3 is 0 Å². The Bertz CT molecular complexity index is 518. The zero-order valence-corrected chi connectivity index (χ0v) is 11.5. The number of nitrogens with zero attached hydrogens (tertiary/aromatic N) is 3. The minimum atomic E-state index is -0.212. The molecule has 0 radical (unpaired) electrons. The molecule has 2 rings (SSSR count). The Morgan fingerprint density at radius 2 is 1.89 bits per heavy atom. The van der Waals surface area contributed by atoms with Crippen molar-refractivity contribution in [3.8, 4) is 0 Å². The van der Waals surface area contributed by atoms with Gasteiger partial charge in [0.05, 0.1) is 6.54 Å². The van der Waals surface area contributed by atoms with Crippen LogP contribution in [0.25, 0.3) is 0 Å². The molecule has 0 bridgehead atoms. The van der Waals surface area contributed by atoms with Crippen molar-refractivity contribution in [2.75, 3.05) is 0 Å².